The van der Waals surface area contributed by atoms with Gasteiger partial charge in [0.1, 0.15) is 18.5 Å². The van der Waals surface area contributed by atoms with Crippen LogP contribution in [0.4, 0.5) is 0 Å². The second-order valence-electron chi connectivity index (χ2n) is 5.92. The topological polar surface area (TPSA) is 32.7 Å². The third kappa shape index (κ3) is 3.96. The molecular formula is C18H23NO2. The van der Waals surface area contributed by atoms with Gasteiger partial charge >= 0.3 is 0 Å². The molecule has 3 atom stereocenters. The molecule has 1 heterocycles. The van der Waals surface area contributed by atoms with Crippen LogP contribution in [-0.2, 0) is 0 Å². The molecule has 0 amide bonds. The van der Waals surface area contributed by atoms with E-state index in [1.165, 1.54) is 6.42 Å². The Morgan fingerprint density at radius 2 is 1.90 bits per heavy atom. The lowest BCUT2D eigenvalue weighted by Gasteiger charge is -2.37. The first-order chi connectivity index (χ1) is 10.3. The van der Waals surface area contributed by atoms with Crippen molar-refractivity contribution in [1.29, 1.82) is 0 Å². The first-order valence-electron chi connectivity index (χ1n) is 7.74. The highest BCUT2D eigenvalue weighted by molar-refractivity contribution is 5.21. The maximum atomic E-state index is 10.2. The number of likely N-dealkylation sites (tertiary alicyclic amines) is 1. The minimum absolute atomic E-state index is 0.352. The number of piperidine rings is 1. The zero-order valence-electron chi connectivity index (χ0n) is 12.3. The van der Waals surface area contributed by atoms with Crippen molar-refractivity contribution in [1.82, 2.24) is 4.90 Å². The predicted octanol–water partition coefficient (Wildman–Crippen LogP) is 2.49. The van der Waals surface area contributed by atoms with E-state index in [9.17, 15) is 5.11 Å². The van der Waals surface area contributed by atoms with Gasteiger partial charge < -0.3 is 14.7 Å². The highest BCUT2D eigenvalue weighted by Crippen LogP contribution is 2.28. The fourth-order valence-electron chi connectivity index (χ4n) is 3.15. The second-order valence-corrected chi connectivity index (χ2v) is 5.92. The average molecular weight is 285 g/mol. The molecule has 3 nitrogen and oxygen atoms in total. The molecule has 0 spiro atoms. The fraction of sp³-hybridized carbons (Fsp3) is 0.444. The minimum Gasteiger partial charge on any atom is -0.491 e. The zero-order valence-corrected chi connectivity index (χ0v) is 12.3. The van der Waals surface area contributed by atoms with Crippen molar-refractivity contribution in [2.24, 2.45) is 11.8 Å². The van der Waals surface area contributed by atoms with Gasteiger partial charge in [-0.1, -0.05) is 42.5 Å². The monoisotopic (exact) mass is 285 g/mol. The summed E-state index contributed by atoms with van der Waals surface area (Å²) >= 11 is 0. The Morgan fingerprint density at radius 1 is 1.14 bits per heavy atom. The number of aliphatic hydroxyl groups excluding tert-OH is 1. The summed E-state index contributed by atoms with van der Waals surface area (Å²) in [6, 6.07) is 9.67. The molecule has 1 aromatic carbocycles. The Bertz CT molecular complexity index is 497. The first kappa shape index (κ1) is 14.4. The number of nitrogens with zero attached hydrogens (tertiary/aromatic N) is 1. The molecule has 1 aliphatic heterocycles. The van der Waals surface area contributed by atoms with Crippen LogP contribution in [0, 0.1) is 11.8 Å². The van der Waals surface area contributed by atoms with E-state index in [-0.39, 0.29) is 0 Å². The van der Waals surface area contributed by atoms with Crippen molar-refractivity contribution >= 4 is 0 Å². The maximum Gasteiger partial charge on any atom is 0.119 e. The number of β-amino-alcohol motifs (C(OH)–C–C–N with tert-alkyl or cyclic N) is 1. The van der Waals surface area contributed by atoms with Crippen molar-refractivity contribution in [2.75, 3.05) is 26.2 Å². The van der Waals surface area contributed by atoms with E-state index in [0.29, 0.717) is 25.0 Å². The SMILES string of the molecule is O[C@H](COc1ccccc1)CN1CC[C@@H]2C=CC=C[C@@H]2C1. The molecule has 1 aromatic rings. The van der Waals surface area contributed by atoms with Gasteiger partial charge in [0, 0.05) is 13.1 Å². The quantitative estimate of drug-likeness (QED) is 0.902. The van der Waals surface area contributed by atoms with Gasteiger partial charge in [0.05, 0.1) is 0 Å². The molecule has 21 heavy (non-hydrogen) atoms. The number of fused-ring (bicyclic) bond motifs is 1. The number of ether oxygens (including phenoxy) is 1. The lowest BCUT2D eigenvalue weighted by atomic mass is 9.82. The summed E-state index contributed by atoms with van der Waals surface area (Å²) < 4.78 is 5.61. The lowest BCUT2D eigenvalue weighted by molar-refractivity contribution is 0.0499. The summed E-state index contributed by atoms with van der Waals surface area (Å²) in [6.45, 7) is 3.13. The molecule has 112 valence electrons. The van der Waals surface area contributed by atoms with Gasteiger partial charge in [-0.2, -0.15) is 0 Å². The van der Waals surface area contributed by atoms with Crippen LogP contribution in [0.15, 0.2) is 54.6 Å². The van der Waals surface area contributed by atoms with E-state index in [2.05, 4.69) is 29.2 Å². The number of benzene rings is 1. The highest BCUT2D eigenvalue weighted by atomic mass is 16.5. The Hall–Kier alpha value is -1.58. The standard InChI is InChI=1S/C18H23NO2/c20-17(14-21-18-8-2-1-3-9-18)13-19-11-10-15-6-4-5-7-16(15)12-19/h1-9,15-17,20H,10-14H2/t15-,16+,17-/m0/s1. The highest BCUT2D eigenvalue weighted by Gasteiger charge is 2.27. The molecule has 0 saturated carbocycles. The summed E-state index contributed by atoms with van der Waals surface area (Å²) in [5.74, 6) is 2.10. The first-order valence-corrected chi connectivity index (χ1v) is 7.74. The van der Waals surface area contributed by atoms with Gasteiger partial charge in [-0.15, -0.1) is 0 Å². The number of allylic oxidation sites excluding steroid dienone is 3. The Morgan fingerprint density at radius 3 is 2.71 bits per heavy atom. The van der Waals surface area contributed by atoms with Crippen LogP contribution < -0.4 is 4.74 Å². The van der Waals surface area contributed by atoms with Crippen LogP contribution in [0.5, 0.6) is 5.75 Å². The third-order valence-electron chi connectivity index (χ3n) is 4.28. The molecule has 1 saturated heterocycles. The molecule has 2 aliphatic rings. The van der Waals surface area contributed by atoms with Gasteiger partial charge in [0.15, 0.2) is 0 Å². The molecule has 1 aliphatic carbocycles. The van der Waals surface area contributed by atoms with E-state index in [1.807, 2.05) is 30.3 Å². The molecule has 0 bridgehead atoms. The van der Waals surface area contributed by atoms with E-state index in [0.717, 1.165) is 18.8 Å². The van der Waals surface area contributed by atoms with Gasteiger partial charge in [0.25, 0.3) is 0 Å². The fourth-order valence-corrected chi connectivity index (χ4v) is 3.15. The van der Waals surface area contributed by atoms with Crippen LogP contribution >= 0.6 is 0 Å². The van der Waals surface area contributed by atoms with Gasteiger partial charge in [-0.3, -0.25) is 0 Å². The summed E-state index contributed by atoms with van der Waals surface area (Å²) in [6.07, 6.45) is 9.64. The molecule has 3 heteroatoms. The maximum absolute atomic E-state index is 10.2. The molecular weight excluding hydrogens is 262 g/mol. The van der Waals surface area contributed by atoms with Gasteiger partial charge in [-0.05, 0) is 36.9 Å². The molecule has 0 radical (unpaired) electrons. The van der Waals surface area contributed by atoms with Gasteiger partial charge in [-0.25, -0.2) is 0 Å². The van der Waals surface area contributed by atoms with Crippen LogP contribution in [0.2, 0.25) is 0 Å². The van der Waals surface area contributed by atoms with Crippen LogP contribution in [-0.4, -0.2) is 42.4 Å². The smallest absolute Gasteiger partial charge is 0.119 e. The van der Waals surface area contributed by atoms with Crippen LogP contribution in [0.3, 0.4) is 0 Å². The van der Waals surface area contributed by atoms with E-state index in [1.54, 1.807) is 0 Å². The van der Waals surface area contributed by atoms with Crippen molar-refractivity contribution in [2.45, 2.75) is 12.5 Å². The molecule has 0 unspecified atom stereocenters. The Kier molecular flexibility index (Phi) is 4.73. The minimum atomic E-state index is -0.440. The van der Waals surface area contributed by atoms with Crippen molar-refractivity contribution in [3.63, 3.8) is 0 Å². The Balaban J connectivity index is 1.44. The summed E-state index contributed by atoms with van der Waals surface area (Å²) in [7, 11) is 0. The van der Waals surface area contributed by atoms with E-state index < -0.39 is 6.10 Å². The zero-order chi connectivity index (χ0) is 14.5. The number of para-hydroxylation sites is 1. The van der Waals surface area contributed by atoms with E-state index in [4.69, 9.17) is 4.74 Å². The van der Waals surface area contributed by atoms with E-state index >= 15 is 0 Å². The normalized spacial score (nSPS) is 26.3. The third-order valence-corrected chi connectivity index (χ3v) is 4.28. The van der Waals surface area contributed by atoms with Crippen molar-refractivity contribution in [3.8, 4) is 5.75 Å². The van der Waals surface area contributed by atoms with Crippen molar-refractivity contribution < 1.29 is 9.84 Å². The van der Waals surface area contributed by atoms with Crippen LogP contribution in [0.25, 0.3) is 0 Å². The molecule has 1 N–H and O–H groups in total. The summed E-state index contributed by atoms with van der Waals surface area (Å²) in [5.41, 5.74) is 0. The van der Waals surface area contributed by atoms with Crippen molar-refractivity contribution in [3.05, 3.63) is 54.6 Å². The number of rotatable bonds is 5. The lowest BCUT2D eigenvalue weighted by Crippen LogP contribution is -2.44. The average Bonchev–Trinajstić information content (AvgIpc) is 2.54. The number of aliphatic hydroxyl groups is 1. The van der Waals surface area contributed by atoms with Crippen LogP contribution in [0.1, 0.15) is 6.42 Å². The summed E-state index contributed by atoms with van der Waals surface area (Å²) in [5, 5.41) is 10.2. The summed E-state index contributed by atoms with van der Waals surface area (Å²) in [4.78, 5) is 2.35. The predicted molar refractivity (Wildman–Crippen MR) is 84.3 cm³/mol. The number of hydrogen-bond donors (Lipinski definition) is 1. The number of hydrogen-bond acceptors (Lipinski definition) is 3. The molecule has 3 rings (SSSR count). The van der Waals surface area contributed by atoms with Gasteiger partial charge in [0.2, 0.25) is 0 Å². The Labute approximate surface area is 126 Å². The second kappa shape index (κ2) is 6.92. The molecule has 1 fully saturated rings. The largest absolute Gasteiger partial charge is 0.491 e. The molecule has 0 aromatic heterocycles.